The van der Waals surface area contributed by atoms with E-state index in [4.69, 9.17) is 23.2 Å². The Hall–Kier alpha value is -0.960. The van der Waals surface area contributed by atoms with Gasteiger partial charge in [-0.3, -0.25) is 0 Å². The van der Waals surface area contributed by atoms with Crippen LogP contribution in [0.3, 0.4) is 0 Å². The Morgan fingerprint density at radius 1 is 1.24 bits per heavy atom. The van der Waals surface area contributed by atoms with Gasteiger partial charge in [-0.1, -0.05) is 35.4 Å². The van der Waals surface area contributed by atoms with Crippen LogP contribution in [0.2, 0.25) is 5.02 Å². The van der Waals surface area contributed by atoms with E-state index in [1.165, 1.54) is 0 Å². The maximum Gasteiger partial charge on any atom is 0.118 e. The third kappa shape index (κ3) is 3.03. The molecule has 0 fully saturated rings. The van der Waals surface area contributed by atoms with E-state index in [2.05, 4.69) is 0 Å². The van der Waals surface area contributed by atoms with E-state index in [9.17, 15) is 10.2 Å². The highest BCUT2D eigenvalue weighted by Crippen LogP contribution is 2.28. The molecule has 2 N–H and O–H groups in total. The summed E-state index contributed by atoms with van der Waals surface area (Å²) in [5.74, 6) is 0.0394. The van der Waals surface area contributed by atoms with E-state index >= 15 is 0 Å². The highest BCUT2D eigenvalue weighted by atomic mass is 35.5. The first-order valence-corrected chi connectivity index (χ1v) is 6.03. The van der Waals surface area contributed by atoms with Crippen LogP contribution in [0.25, 0.3) is 0 Å². The van der Waals surface area contributed by atoms with Gasteiger partial charge >= 0.3 is 0 Å². The average Bonchev–Trinajstić information content (AvgIpc) is 2.28. The molecular weight excluding hydrogens is 259 g/mol. The Balaban J connectivity index is 2.21. The fraction of sp³-hybridized carbons (Fsp3) is 0.231. The van der Waals surface area contributed by atoms with Crippen molar-refractivity contribution in [1.29, 1.82) is 0 Å². The second-order valence-electron chi connectivity index (χ2n) is 4.04. The van der Waals surface area contributed by atoms with Crippen LogP contribution in [0, 0.1) is 5.92 Å². The molecule has 1 aliphatic rings. The first-order valence-electron chi connectivity index (χ1n) is 5.27. The van der Waals surface area contributed by atoms with Crippen molar-refractivity contribution in [3.63, 3.8) is 0 Å². The predicted molar refractivity (Wildman–Crippen MR) is 69.4 cm³/mol. The summed E-state index contributed by atoms with van der Waals surface area (Å²) < 4.78 is 0. The molecule has 0 heterocycles. The molecule has 0 aromatic heterocycles. The van der Waals surface area contributed by atoms with Crippen LogP contribution in [0.5, 0.6) is 5.75 Å². The third-order valence-corrected chi connectivity index (χ3v) is 3.25. The molecule has 2 unspecified atom stereocenters. The predicted octanol–water partition coefficient (Wildman–Crippen LogP) is 3.26. The normalized spacial score (nSPS) is 23.6. The van der Waals surface area contributed by atoms with Gasteiger partial charge in [0.15, 0.2) is 0 Å². The lowest BCUT2D eigenvalue weighted by molar-refractivity contribution is 0.174. The smallest absolute Gasteiger partial charge is 0.118 e. The number of aliphatic hydroxyl groups excluding tert-OH is 1. The second-order valence-corrected chi connectivity index (χ2v) is 4.92. The van der Waals surface area contributed by atoms with Gasteiger partial charge in [-0.2, -0.15) is 0 Å². The SMILES string of the molecule is Oc1ccc(Cl)cc1CC1C=C(Cl)C=CC1O. The molecule has 90 valence electrons. The molecular formula is C13H12Cl2O2. The number of aliphatic hydroxyl groups is 1. The highest BCUT2D eigenvalue weighted by molar-refractivity contribution is 6.31. The van der Waals surface area contributed by atoms with Gasteiger partial charge in [0.25, 0.3) is 0 Å². The van der Waals surface area contributed by atoms with Crippen molar-refractivity contribution in [3.05, 3.63) is 52.0 Å². The Kier molecular flexibility index (Phi) is 3.77. The average molecular weight is 271 g/mol. The topological polar surface area (TPSA) is 40.5 Å². The number of aromatic hydroxyl groups is 1. The zero-order valence-corrected chi connectivity index (χ0v) is 10.5. The molecule has 0 saturated carbocycles. The van der Waals surface area contributed by atoms with Crippen LogP contribution in [0.4, 0.5) is 0 Å². The number of hydrogen-bond donors (Lipinski definition) is 2. The minimum Gasteiger partial charge on any atom is -0.508 e. The minimum absolute atomic E-state index is 0.142. The van der Waals surface area contributed by atoms with Crippen LogP contribution in [-0.2, 0) is 6.42 Å². The molecule has 2 nitrogen and oxygen atoms in total. The van der Waals surface area contributed by atoms with Gasteiger partial charge in [-0.05, 0) is 36.3 Å². The van der Waals surface area contributed by atoms with Gasteiger partial charge in [0.1, 0.15) is 5.75 Å². The summed E-state index contributed by atoms with van der Waals surface area (Å²) in [6.07, 6.45) is 5.01. The van der Waals surface area contributed by atoms with E-state index in [1.54, 1.807) is 36.4 Å². The fourth-order valence-corrected chi connectivity index (χ4v) is 2.27. The fourth-order valence-electron chi connectivity index (χ4n) is 1.84. The number of rotatable bonds is 2. The number of phenolic OH excluding ortho intramolecular Hbond substituents is 1. The van der Waals surface area contributed by atoms with E-state index in [0.29, 0.717) is 22.0 Å². The molecule has 0 spiro atoms. The van der Waals surface area contributed by atoms with Crippen LogP contribution in [0.1, 0.15) is 5.56 Å². The molecule has 1 aromatic carbocycles. The molecule has 0 amide bonds. The molecule has 0 radical (unpaired) electrons. The van der Waals surface area contributed by atoms with E-state index in [-0.39, 0.29) is 11.7 Å². The van der Waals surface area contributed by atoms with Crippen molar-refractivity contribution >= 4 is 23.2 Å². The molecule has 2 atom stereocenters. The first kappa shape index (κ1) is 12.5. The molecule has 17 heavy (non-hydrogen) atoms. The second kappa shape index (κ2) is 5.13. The molecule has 2 rings (SSSR count). The maximum atomic E-state index is 9.80. The summed E-state index contributed by atoms with van der Waals surface area (Å²) in [6, 6.07) is 4.87. The molecule has 0 saturated heterocycles. The van der Waals surface area contributed by atoms with Gasteiger partial charge < -0.3 is 10.2 Å². The van der Waals surface area contributed by atoms with Crippen LogP contribution in [0.15, 0.2) is 41.5 Å². The monoisotopic (exact) mass is 270 g/mol. The van der Waals surface area contributed by atoms with Crippen molar-refractivity contribution in [2.45, 2.75) is 12.5 Å². The highest BCUT2D eigenvalue weighted by Gasteiger charge is 2.20. The van der Waals surface area contributed by atoms with E-state index in [1.807, 2.05) is 0 Å². The number of phenols is 1. The van der Waals surface area contributed by atoms with Gasteiger partial charge in [-0.25, -0.2) is 0 Å². The van der Waals surface area contributed by atoms with Crippen LogP contribution in [-0.4, -0.2) is 16.3 Å². The standard InChI is InChI=1S/C13H12Cl2O2/c14-10-1-3-12(16)8(6-10)5-9-7-11(15)2-4-13(9)17/h1-4,6-8,12,16-17H,5H2. The molecule has 1 aliphatic carbocycles. The molecule has 1 aromatic rings. The molecule has 0 bridgehead atoms. The van der Waals surface area contributed by atoms with Gasteiger partial charge in [0.2, 0.25) is 0 Å². The minimum atomic E-state index is -0.587. The Bertz CT molecular complexity index is 480. The van der Waals surface area contributed by atoms with Crippen molar-refractivity contribution in [3.8, 4) is 5.75 Å². The van der Waals surface area contributed by atoms with Gasteiger partial charge in [-0.15, -0.1) is 0 Å². The van der Waals surface area contributed by atoms with Crippen molar-refractivity contribution < 1.29 is 10.2 Å². The summed E-state index contributed by atoms with van der Waals surface area (Å²) in [7, 11) is 0. The lowest BCUT2D eigenvalue weighted by Crippen LogP contribution is -2.20. The summed E-state index contributed by atoms with van der Waals surface area (Å²) in [6.45, 7) is 0. The summed E-state index contributed by atoms with van der Waals surface area (Å²) >= 11 is 11.8. The first-order chi connectivity index (χ1) is 8.06. The summed E-state index contributed by atoms with van der Waals surface area (Å²) in [4.78, 5) is 0. The maximum absolute atomic E-state index is 9.80. The van der Waals surface area contributed by atoms with Gasteiger partial charge in [0.05, 0.1) is 6.10 Å². The number of hydrogen-bond acceptors (Lipinski definition) is 2. The van der Waals surface area contributed by atoms with E-state index in [0.717, 1.165) is 0 Å². The molecule has 4 heteroatoms. The van der Waals surface area contributed by atoms with E-state index < -0.39 is 6.10 Å². The Morgan fingerprint density at radius 3 is 2.76 bits per heavy atom. The lowest BCUT2D eigenvalue weighted by atomic mass is 9.90. The Labute approximate surface area is 110 Å². The summed E-state index contributed by atoms with van der Waals surface area (Å²) in [5, 5.41) is 20.7. The van der Waals surface area contributed by atoms with Crippen molar-refractivity contribution in [1.82, 2.24) is 0 Å². The largest absolute Gasteiger partial charge is 0.508 e. The number of allylic oxidation sites excluding steroid dienone is 2. The van der Waals surface area contributed by atoms with Crippen molar-refractivity contribution in [2.75, 3.05) is 0 Å². The number of benzene rings is 1. The Morgan fingerprint density at radius 2 is 2.00 bits per heavy atom. The lowest BCUT2D eigenvalue weighted by Gasteiger charge is -2.21. The molecule has 0 aliphatic heterocycles. The zero-order valence-electron chi connectivity index (χ0n) is 8.98. The third-order valence-electron chi connectivity index (χ3n) is 2.76. The quantitative estimate of drug-likeness (QED) is 0.866. The number of halogens is 2. The van der Waals surface area contributed by atoms with Crippen LogP contribution >= 0.6 is 23.2 Å². The van der Waals surface area contributed by atoms with Gasteiger partial charge in [0, 0.05) is 16.0 Å². The van der Waals surface area contributed by atoms with Crippen LogP contribution < -0.4 is 0 Å². The summed E-state index contributed by atoms with van der Waals surface area (Å²) in [5.41, 5.74) is 0.706. The zero-order chi connectivity index (χ0) is 12.4. The van der Waals surface area contributed by atoms with Crippen molar-refractivity contribution in [2.24, 2.45) is 5.92 Å².